The summed E-state index contributed by atoms with van der Waals surface area (Å²) in [4.78, 5) is 14.3. The highest BCUT2D eigenvalue weighted by Crippen LogP contribution is 2.22. The van der Waals surface area contributed by atoms with Crippen molar-refractivity contribution in [2.75, 3.05) is 13.1 Å². The molecule has 0 aromatic carbocycles. The summed E-state index contributed by atoms with van der Waals surface area (Å²) >= 11 is 0. The number of carbonyl (C=O) groups is 1. The molecule has 0 radical (unpaired) electrons. The normalized spacial score (nSPS) is 23.8. The number of hydrogen-bond donors (Lipinski definition) is 2. The first-order valence-corrected chi connectivity index (χ1v) is 8.66. The second-order valence-corrected chi connectivity index (χ2v) is 6.88. The first-order chi connectivity index (χ1) is 9.91. The number of carboxylic acids is 1. The van der Waals surface area contributed by atoms with Crippen LogP contribution in [0.5, 0.6) is 0 Å². The predicted molar refractivity (Wildman–Crippen MR) is 87.7 cm³/mol. The minimum Gasteiger partial charge on any atom is -0.480 e. The van der Waals surface area contributed by atoms with Crippen LogP contribution in [0.4, 0.5) is 0 Å². The zero-order chi connectivity index (χ0) is 15.9. The van der Waals surface area contributed by atoms with Crippen molar-refractivity contribution in [3.8, 4) is 0 Å². The molecule has 1 saturated heterocycles. The molecule has 1 aliphatic rings. The lowest BCUT2D eigenvalue weighted by molar-refractivity contribution is -0.145. The summed E-state index contributed by atoms with van der Waals surface area (Å²) in [5.74, 6) is -0.706. The van der Waals surface area contributed by atoms with Crippen LogP contribution in [0.15, 0.2) is 0 Å². The average molecular weight is 298 g/mol. The Bertz CT molecular complexity index is 320. The van der Waals surface area contributed by atoms with E-state index in [0.29, 0.717) is 18.9 Å². The van der Waals surface area contributed by atoms with Crippen molar-refractivity contribution in [2.45, 2.75) is 90.3 Å². The Morgan fingerprint density at radius 1 is 1.38 bits per heavy atom. The third-order valence-electron chi connectivity index (χ3n) is 4.82. The van der Waals surface area contributed by atoms with Gasteiger partial charge in [-0.15, -0.1) is 0 Å². The second kappa shape index (κ2) is 8.74. The van der Waals surface area contributed by atoms with Gasteiger partial charge in [-0.2, -0.15) is 0 Å². The molecule has 124 valence electrons. The average Bonchev–Trinajstić information content (AvgIpc) is 2.62. The van der Waals surface area contributed by atoms with Gasteiger partial charge in [-0.3, -0.25) is 10.1 Å². The van der Waals surface area contributed by atoms with Crippen LogP contribution in [0.1, 0.15) is 72.6 Å². The lowest BCUT2D eigenvalue weighted by atomic mass is 9.89. The number of aliphatic carboxylic acids is 1. The standard InChI is InChI=1S/C17H34N2O2/c1-5-17(16(20)21,18-14(2)3)11-9-13-19-12-8-6-7-10-15(19)4/h14-15,18H,5-13H2,1-4H3,(H,20,21). The lowest BCUT2D eigenvalue weighted by Gasteiger charge is -2.33. The van der Waals surface area contributed by atoms with Gasteiger partial charge in [-0.05, 0) is 66.0 Å². The summed E-state index contributed by atoms with van der Waals surface area (Å²) < 4.78 is 0. The van der Waals surface area contributed by atoms with E-state index >= 15 is 0 Å². The highest BCUT2D eigenvalue weighted by molar-refractivity contribution is 5.78. The van der Waals surface area contributed by atoms with Gasteiger partial charge in [-0.25, -0.2) is 0 Å². The summed E-state index contributed by atoms with van der Waals surface area (Å²) in [6, 6.07) is 0.838. The first-order valence-electron chi connectivity index (χ1n) is 8.66. The van der Waals surface area contributed by atoms with Crippen LogP contribution < -0.4 is 5.32 Å². The molecule has 1 heterocycles. The Balaban J connectivity index is 2.54. The van der Waals surface area contributed by atoms with Crippen LogP contribution in [-0.2, 0) is 4.79 Å². The monoisotopic (exact) mass is 298 g/mol. The highest BCUT2D eigenvalue weighted by Gasteiger charge is 2.36. The zero-order valence-electron chi connectivity index (χ0n) is 14.3. The smallest absolute Gasteiger partial charge is 0.323 e. The molecule has 4 nitrogen and oxygen atoms in total. The van der Waals surface area contributed by atoms with Crippen LogP contribution in [0, 0.1) is 0 Å². The molecule has 4 heteroatoms. The van der Waals surface area contributed by atoms with E-state index in [1.54, 1.807) is 0 Å². The van der Waals surface area contributed by atoms with Crippen molar-refractivity contribution in [3.05, 3.63) is 0 Å². The van der Waals surface area contributed by atoms with Crippen molar-refractivity contribution in [2.24, 2.45) is 0 Å². The Morgan fingerprint density at radius 3 is 2.67 bits per heavy atom. The summed E-state index contributed by atoms with van der Waals surface area (Å²) in [5, 5.41) is 12.9. The number of nitrogens with one attached hydrogen (secondary N) is 1. The fourth-order valence-electron chi connectivity index (χ4n) is 3.47. The van der Waals surface area contributed by atoms with Crippen molar-refractivity contribution in [1.29, 1.82) is 0 Å². The van der Waals surface area contributed by atoms with E-state index in [1.807, 2.05) is 20.8 Å². The fourth-order valence-corrected chi connectivity index (χ4v) is 3.47. The topological polar surface area (TPSA) is 52.6 Å². The Hall–Kier alpha value is -0.610. The lowest BCUT2D eigenvalue weighted by Crippen LogP contribution is -2.54. The quantitative estimate of drug-likeness (QED) is 0.722. The number of likely N-dealkylation sites (tertiary alicyclic amines) is 1. The van der Waals surface area contributed by atoms with Gasteiger partial charge in [0.1, 0.15) is 5.54 Å². The molecule has 2 N–H and O–H groups in total. The minimum atomic E-state index is -0.761. The van der Waals surface area contributed by atoms with Crippen LogP contribution in [0.2, 0.25) is 0 Å². The molecule has 0 aromatic heterocycles. The maximum atomic E-state index is 11.7. The van der Waals surface area contributed by atoms with E-state index in [0.717, 1.165) is 13.0 Å². The minimum absolute atomic E-state index is 0.193. The molecule has 1 fully saturated rings. The Morgan fingerprint density at radius 2 is 2.10 bits per heavy atom. The third-order valence-corrected chi connectivity index (χ3v) is 4.82. The highest BCUT2D eigenvalue weighted by atomic mass is 16.4. The molecule has 21 heavy (non-hydrogen) atoms. The van der Waals surface area contributed by atoms with E-state index in [-0.39, 0.29) is 6.04 Å². The van der Waals surface area contributed by atoms with Gasteiger partial charge in [0.15, 0.2) is 0 Å². The summed E-state index contributed by atoms with van der Waals surface area (Å²) in [5.41, 5.74) is -0.761. The number of nitrogens with zero attached hydrogens (tertiary/aromatic N) is 1. The van der Waals surface area contributed by atoms with Crippen molar-refractivity contribution in [3.63, 3.8) is 0 Å². The maximum absolute atomic E-state index is 11.7. The predicted octanol–water partition coefficient (Wildman–Crippen LogP) is 3.26. The first kappa shape index (κ1) is 18.4. The van der Waals surface area contributed by atoms with Crippen molar-refractivity contribution in [1.82, 2.24) is 10.2 Å². The molecule has 0 aromatic rings. The van der Waals surface area contributed by atoms with Gasteiger partial charge in [-0.1, -0.05) is 19.8 Å². The van der Waals surface area contributed by atoms with Gasteiger partial charge in [0.25, 0.3) is 0 Å². The molecular weight excluding hydrogens is 264 g/mol. The van der Waals surface area contributed by atoms with Crippen LogP contribution in [-0.4, -0.2) is 46.7 Å². The Kier molecular flexibility index (Phi) is 7.67. The van der Waals surface area contributed by atoms with E-state index in [2.05, 4.69) is 17.1 Å². The van der Waals surface area contributed by atoms with Crippen LogP contribution in [0.3, 0.4) is 0 Å². The van der Waals surface area contributed by atoms with E-state index < -0.39 is 11.5 Å². The van der Waals surface area contributed by atoms with Gasteiger partial charge >= 0.3 is 5.97 Å². The van der Waals surface area contributed by atoms with Crippen molar-refractivity contribution < 1.29 is 9.90 Å². The molecule has 2 atom stereocenters. The molecule has 0 amide bonds. The number of rotatable bonds is 8. The molecule has 1 aliphatic heterocycles. The molecule has 0 saturated carbocycles. The van der Waals surface area contributed by atoms with Gasteiger partial charge in [0.2, 0.25) is 0 Å². The Labute approximate surface area is 130 Å². The molecule has 1 rings (SSSR count). The molecule has 2 unspecified atom stereocenters. The number of carboxylic acid groups (broad SMARTS) is 1. The second-order valence-electron chi connectivity index (χ2n) is 6.88. The molecule has 0 aliphatic carbocycles. The summed E-state index contributed by atoms with van der Waals surface area (Å²) in [7, 11) is 0. The van der Waals surface area contributed by atoms with E-state index in [1.165, 1.54) is 32.2 Å². The third kappa shape index (κ3) is 5.59. The van der Waals surface area contributed by atoms with E-state index in [4.69, 9.17) is 0 Å². The van der Waals surface area contributed by atoms with Gasteiger partial charge in [0.05, 0.1) is 0 Å². The van der Waals surface area contributed by atoms with E-state index in [9.17, 15) is 9.90 Å². The zero-order valence-corrected chi connectivity index (χ0v) is 14.3. The molecule has 0 bridgehead atoms. The van der Waals surface area contributed by atoms with Crippen molar-refractivity contribution >= 4 is 5.97 Å². The van der Waals surface area contributed by atoms with Crippen LogP contribution in [0.25, 0.3) is 0 Å². The van der Waals surface area contributed by atoms with Gasteiger partial charge < -0.3 is 10.0 Å². The fraction of sp³-hybridized carbons (Fsp3) is 0.941. The summed E-state index contributed by atoms with van der Waals surface area (Å²) in [6.07, 6.45) is 7.53. The molecule has 0 spiro atoms. The largest absolute Gasteiger partial charge is 0.480 e. The molecular formula is C17H34N2O2. The van der Waals surface area contributed by atoms with Gasteiger partial charge in [0, 0.05) is 12.1 Å². The number of hydrogen-bond acceptors (Lipinski definition) is 3. The maximum Gasteiger partial charge on any atom is 0.323 e. The summed E-state index contributed by atoms with van der Waals surface area (Å²) in [6.45, 7) is 10.5. The SMILES string of the molecule is CCC(CCCN1CCCCCC1C)(NC(C)C)C(=O)O. The van der Waals surface area contributed by atoms with Crippen LogP contribution >= 0.6 is 0 Å².